The molecule has 0 unspecified atom stereocenters. The molecule has 0 aliphatic heterocycles. The molecule has 0 fully saturated rings. The third-order valence-electron chi connectivity index (χ3n) is 3.22. The molecule has 0 bridgehead atoms. The van der Waals surface area contributed by atoms with Crippen molar-refractivity contribution >= 4 is 17.6 Å². The molecule has 0 aliphatic carbocycles. The lowest BCUT2D eigenvalue weighted by molar-refractivity contribution is -0.116. The molecule has 5 heteroatoms. The molecule has 0 radical (unpaired) electrons. The summed E-state index contributed by atoms with van der Waals surface area (Å²) in [5.41, 5.74) is 0.273. The van der Waals surface area contributed by atoms with Crippen LogP contribution in [0.5, 0.6) is 5.75 Å². The van der Waals surface area contributed by atoms with Gasteiger partial charge >= 0.3 is 5.97 Å². The van der Waals surface area contributed by atoms with Crippen molar-refractivity contribution in [2.75, 3.05) is 12.4 Å². The van der Waals surface area contributed by atoms with Gasteiger partial charge in [-0.1, -0.05) is 38.7 Å². The zero-order valence-corrected chi connectivity index (χ0v) is 12.6. The number of methoxy groups -OCH3 is 1. The average molecular weight is 293 g/mol. The predicted molar refractivity (Wildman–Crippen MR) is 81.5 cm³/mol. The molecule has 2 N–H and O–H groups in total. The molecule has 0 saturated carbocycles. The van der Waals surface area contributed by atoms with Crippen molar-refractivity contribution in [3.8, 4) is 5.75 Å². The van der Waals surface area contributed by atoms with Crippen LogP contribution in [0.4, 0.5) is 5.69 Å². The molecule has 116 valence electrons. The number of aromatic hydroxyl groups is 1. The molecule has 1 aromatic rings. The van der Waals surface area contributed by atoms with E-state index < -0.39 is 5.97 Å². The van der Waals surface area contributed by atoms with Crippen LogP contribution in [0.3, 0.4) is 0 Å². The highest BCUT2D eigenvalue weighted by Gasteiger charge is 2.15. The molecule has 1 amide bonds. The standard InChI is InChI=1S/C16H23NO4/c1-3-4-5-6-7-11-14(18)17-13-10-8-9-12(15(13)19)16(20)21-2/h8-10,19H,3-7,11H2,1-2H3,(H,17,18). The molecule has 0 aliphatic rings. The molecule has 0 atom stereocenters. The molecule has 0 aromatic heterocycles. The number of rotatable bonds is 8. The highest BCUT2D eigenvalue weighted by atomic mass is 16.5. The highest BCUT2D eigenvalue weighted by Crippen LogP contribution is 2.28. The van der Waals surface area contributed by atoms with Gasteiger partial charge in [-0.25, -0.2) is 4.79 Å². The third kappa shape index (κ3) is 5.45. The monoisotopic (exact) mass is 293 g/mol. The number of phenols is 1. The van der Waals surface area contributed by atoms with Crippen LogP contribution in [0.1, 0.15) is 55.8 Å². The maximum atomic E-state index is 11.8. The van der Waals surface area contributed by atoms with Gasteiger partial charge in [-0.05, 0) is 18.6 Å². The first kappa shape index (κ1) is 17.0. The normalized spacial score (nSPS) is 10.2. The van der Waals surface area contributed by atoms with Gasteiger partial charge in [0.15, 0.2) is 5.75 Å². The van der Waals surface area contributed by atoms with Gasteiger partial charge in [-0.15, -0.1) is 0 Å². The summed E-state index contributed by atoms with van der Waals surface area (Å²) in [5, 5.41) is 12.6. The molecule has 0 saturated heterocycles. The van der Waals surface area contributed by atoms with E-state index in [4.69, 9.17) is 0 Å². The summed E-state index contributed by atoms with van der Waals surface area (Å²) < 4.78 is 4.57. The van der Waals surface area contributed by atoms with E-state index in [0.29, 0.717) is 6.42 Å². The Morgan fingerprint density at radius 2 is 1.90 bits per heavy atom. The van der Waals surface area contributed by atoms with E-state index in [0.717, 1.165) is 19.3 Å². The van der Waals surface area contributed by atoms with Crippen molar-refractivity contribution in [2.45, 2.75) is 45.4 Å². The van der Waals surface area contributed by atoms with E-state index in [2.05, 4.69) is 17.0 Å². The van der Waals surface area contributed by atoms with E-state index in [1.54, 1.807) is 12.1 Å². The molecule has 1 rings (SSSR count). The van der Waals surface area contributed by atoms with Crippen molar-refractivity contribution in [1.82, 2.24) is 0 Å². The molecule has 1 aromatic carbocycles. The van der Waals surface area contributed by atoms with E-state index >= 15 is 0 Å². The zero-order valence-electron chi connectivity index (χ0n) is 12.6. The summed E-state index contributed by atoms with van der Waals surface area (Å²) in [6, 6.07) is 4.58. The Morgan fingerprint density at radius 3 is 2.57 bits per heavy atom. The van der Waals surface area contributed by atoms with Crippen molar-refractivity contribution < 1.29 is 19.4 Å². The molecular weight excluding hydrogens is 270 g/mol. The second-order valence-electron chi connectivity index (χ2n) is 4.91. The SMILES string of the molecule is CCCCCCCC(=O)Nc1cccc(C(=O)OC)c1O. The number of phenolic OH excluding ortho intramolecular Hbond substituents is 1. The Hall–Kier alpha value is -2.04. The number of amides is 1. The Bertz CT molecular complexity index is 485. The predicted octanol–water partition coefficient (Wildman–Crippen LogP) is 3.48. The lowest BCUT2D eigenvalue weighted by Crippen LogP contribution is -2.12. The number of unbranched alkanes of at least 4 members (excludes halogenated alkanes) is 4. The van der Waals surface area contributed by atoms with Gasteiger partial charge in [0.05, 0.1) is 12.8 Å². The molecule has 21 heavy (non-hydrogen) atoms. The second kappa shape index (κ2) is 9.00. The van der Waals surface area contributed by atoms with Gasteiger partial charge in [0.2, 0.25) is 5.91 Å². The highest BCUT2D eigenvalue weighted by molar-refractivity contribution is 5.98. The maximum absolute atomic E-state index is 11.8. The Labute approximate surface area is 125 Å². The maximum Gasteiger partial charge on any atom is 0.341 e. The largest absolute Gasteiger partial charge is 0.505 e. The fourth-order valence-corrected chi connectivity index (χ4v) is 2.02. The first-order chi connectivity index (χ1) is 10.1. The van der Waals surface area contributed by atoms with E-state index in [1.165, 1.54) is 26.0 Å². The summed E-state index contributed by atoms with van der Waals surface area (Å²) in [6.07, 6.45) is 5.74. The molecule has 5 nitrogen and oxygen atoms in total. The number of esters is 1. The van der Waals surface area contributed by atoms with Crippen molar-refractivity contribution in [3.05, 3.63) is 23.8 Å². The minimum atomic E-state index is -0.636. The van der Waals surface area contributed by atoms with E-state index in [-0.39, 0.29) is 22.9 Å². The number of benzene rings is 1. The summed E-state index contributed by atoms with van der Waals surface area (Å²) in [6.45, 7) is 2.14. The number of para-hydroxylation sites is 1. The van der Waals surface area contributed by atoms with Crippen LogP contribution in [0.2, 0.25) is 0 Å². The fourth-order valence-electron chi connectivity index (χ4n) is 2.02. The Morgan fingerprint density at radius 1 is 1.19 bits per heavy atom. The van der Waals surface area contributed by atoms with Crippen LogP contribution in [0.15, 0.2) is 18.2 Å². The lowest BCUT2D eigenvalue weighted by atomic mass is 10.1. The Balaban J connectivity index is 2.54. The fraction of sp³-hybridized carbons (Fsp3) is 0.500. The van der Waals surface area contributed by atoms with Crippen LogP contribution in [0, 0.1) is 0 Å². The number of carbonyl (C=O) groups is 2. The third-order valence-corrected chi connectivity index (χ3v) is 3.22. The van der Waals surface area contributed by atoms with Crippen LogP contribution < -0.4 is 5.32 Å². The lowest BCUT2D eigenvalue weighted by Gasteiger charge is -2.10. The van der Waals surface area contributed by atoms with E-state index in [9.17, 15) is 14.7 Å². The summed E-state index contributed by atoms with van der Waals surface area (Å²) in [4.78, 5) is 23.3. The average Bonchev–Trinajstić information content (AvgIpc) is 2.48. The van der Waals surface area contributed by atoms with Crippen LogP contribution in [-0.4, -0.2) is 24.1 Å². The van der Waals surface area contributed by atoms with Crippen LogP contribution in [-0.2, 0) is 9.53 Å². The smallest absolute Gasteiger partial charge is 0.341 e. The summed E-state index contributed by atoms with van der Waals surface area (Å²) in [7, 11) is 1.24. The number of anilines is 1. The summed E-state index contributed by atoms with van der Waals surface area (Å²) >= 11 is 0. The minimum Gasteiger partial charge on any atom is -0.505 e. The van der Waals surface area contributed by atoms with Crippen molar-refractivity contribution in [1.29, 1.82) is 0 Å². The first-order valence-corrected chi connectivity index (χ1v) is 7.30. The van der Waals surface area contributed by atoms with Crippen molar-refractivity contribution in [2.24, 2.45) is 0 Å². The number of nitrogens with one attached hydrogen (secondary N) is 1. The van der Waals surface area contributed by atoms with E-state index in [1.807, 2.05) is 0 Å². The van der Waals surface area contributed by atoms with Crippen LogP contribution in [0.25, 0.3) is 0 Å². The molecule has 0 heterocycles. The topological polar surface area (TPSA) is 75.6 Å². The number of hydrogen-bond acceptors (Lipinski definition) is 4. The summed E-state index contributed by atoms with van der Waals surface area (Å²) in [5.74, 6) is -1.06. The van der Waals surface area contributed by atoms with Gasteiger partial charge in [0, 0.05) is 6.42 Å². The van der Waals surface area contributed by atoms with Gasteiger partial charge in [-0.3, -0.25) is 4.79 Å². The zero-order chi connectivity index (χ0) is 15.7. The first-order valence-electron chi connectivity index (χ1n) is 7.30. The number of hydrogen-bond donors (Lipinski definition) is 2. The minimum absolute atomic E-state index is 0.0400. The van der Waals surface area contributed by atoms with Crippen LogP contribution >= 0.6 is 0 Å². The molecular formula is C16H23NO4. The van der Waals surface area contributed by atoms with Crippen molar-refractivity contribution in [3.63, 3.8) is 0 Å². The molecule has 0 spiro atoms. The van der Waals surface area contributed by atoms with Gasteiger partial charge < -0.3 is 15.2 Å². The second-order valence-corrected chi connectivity index (χ2v) is 4.91. The van der Waals surface area contributed by atoms with Gasteiger partial charge in [0.25, 0.3) is 0 Å². The number of carbonyl (C=O) groups excluding carboxylic acids is 2. The van der Waals surface area contributed by atoms with Gasteiger partial charge in [0.1, 0.15) is 5.56 Å². The number of ether oxygens (including phenoxy) is 1. The quantitative estimate of drug-likeness (QED) is 0.437. The Kier molecular flexibility index (Phi) is 7.29. The van der Waals surface area contributed by atoms with Gasteiger partial charge in [-0.2, -0.15) is 0 Å².